The van der Waals surface area contributed by atoms with Crippen LogP contribution in [0.1, 0.15) is 12.8 Å². The smallest absolute Gasteiger partial charge is 0.119 e. The summed E-state index contributed by atoms with van der Waals surface area (Å²) < 4.78 is 5.51. The average Bonchev–Trinajstić information content (AvgIpc) is 2.64. The van der Waals surface area contributed by atoms with E-state index in [0.717, 1.165) is 25.2 Å². The van der Waals surface area contributed by atoms with E-state index in [1.165, 1.54) is 16.7 Å². The molecule has 0 saturated carbocycles. The minimum atomic E-state index is 0.880. The van der Waals surface area contributed by atoms with Crippen molar-refractivity contribution in [2.45, 2.75) is 12.8 Å². The highest BCUT2D eigenvalue weighted by molar-refractivity contribution is 5.56. The molecule has 0 aromatic carbocycles. The van der Waals surface area contributed by atoms with Crippen LogP contribution in [0, 0.1) is 0 Å². The number of ether oxygens (including phenoxy) is 1. The van der Waals surface area contributed by atoms with Crippen molar-refractivity contribution in [2.24, 2.45) is 0 Å². The minimum Gasteiger partial charge on any atom is -0.493 e. The molecule has 2 aliphatic carbocycles. The highest BCUT2D eigenvalue weighted by atomic mass is 16.5. The van der Waals surface area contributed by atoms with Gasteiger partial charge in [-0.3, -0.25) is 0 Å². The lowest BCUT2D eigenvalue weighted by molar-refractivity contribution is 0.257. The first-order chi connectivity index (χ1) is 5.93. The van der Waals surface area contributed by atoms with E-state index >= 15 is 0 Å². The van der Waals surface area contributed by atoms with E-state index in [1.807, 2.05) is 0 Å². The van der Waals surface area contributed by atoms with Gasteiger partial charge in [0.05, 0.1) is 6.61 Å². The van der Waals surface area contributed by atoms with Crippen molar-refractivity contribution >= 4 is 0 Å². The molecule has 0 atom stereocenters. The molecule has 0 aromatic heterocycles. The van der Waals surface area contributed by atoms with Gasteiger partial charge in [0, 0.05) is 6.42 Å². The van der Waals surface area contributed by atoms with Crippen LogP contribution >= 0.6 is 0 Å². The van der Waals surface area contributed by atoms with E-state index < -0.39 is 0 Å². The number of hydrogen-bond donors (Lipinski definition) is 0. The quantitative estimate of drug-likeness (QED) is 0.526. The maximum Gasteiger partial charge on any atom is 0.119 e. The lowest BCUT2D eigenvalue weighted by Crippen LogP contribution is -1.95. The van der Waals surface area contributed by atoms with E-state index in [0.29, 0.717) is 0 Å². The molecular formula is C11H10O. The van der Waals surface area contributed by atoms with Crippen molar-refractivity contribution < 1.29 is 4.74 Å². The normalized spacial score (nSPS) is 24.7. The largest absolute Gasteiger partial charge is 0.493 e. The third-order valence-corrected chi connectivity index (χ3v) is 2.64. The van der Waals surface area contributed by atoms with Crippen molar-refractivity contribution in [2.75, 3.05) is 6.61 Å². The lowest BCUT2D eigenvalue weighted by Gasteiger charge is -2.12. The zero-order valence-corrected chi connectivity index (χ0v) is 6.84. The highest BCUT2D eigenvalue weighted by Crippen LogP contribution is 2.37. The Kier molecular flexibility index (Phi) is 1.12. The van der Waals surface area contributed by atoms with Crippen molar-refractivity contribution in [3.05, 3.63) is 46.8 Å². The Balaban J connectivity index is 2.08. The minimum absolute atomic E-state index is 0.880. The van der Waals surface area contributed by atoms with Crippen LogP contribution in [0.5, 0.6) is 0 Å². The van der Waals surface area contributed by atoms with E-state index in [2.05, 4.69) is 24.3 Å². The average molecular weight is 158 g/mol. The summed E-state index contributed by atoms with van der Waals surface area (Å²) in [5.41, 5.74) is 4.28. The Morgan fingerprint density at radius 3 is 3.33 bits per heavy atom. The first kappa shape index (κ1) is 6.30. The van der Waals surface area contributed by atoms with Crippen LogP contribution in [0.3, 0.4) is 0 Å². The van der Waals surface area contributed by atoms with E-state index in [1.54, 1.807) is 0 Å². The third-order valence-electron chi connectivity index (χ3n) is 2.64. The van der Waals surface area contributed by atoms with Crippen LogP contribution in [-0.4, -0.2) is 6.61 Å². The molecule has 0 bridgehead atoms. The van der Waals surface area contributed by atoms with Crippen molar-refractivity contribution in [1.29, 1.82) is 0 Å². The van der Waals surface area contributed by atoms with Gasteiger partial charge in [0.1, 0.15) is 5.76 Å². The molecule has 60 valence electrons. The third kappa shape index (κ3) is 0.737. The summed E-state index contributed by atoms with van der Waals surface area (Å²) in [6.45, 7) is 0.880. The van der Waals surface area contributed by atoms with Gasteiger partial charge >= 0.3 is 0 Å². The van der Waals surface area contributed by atoms with E-state index in [9.17, 15) is 0 Å². The first-order valence-corrected chi connectivity index (χ1v) is 4.37. The number of hydrogen-bond acceptors (Lipinski definition) is 1. The van der Waals surface area contributed by atoms with Crippen molar-refractivity contribution in [1.82, 2.24) is 0 Å². The van der Waals surface area contributed by atoms with Crippen LogP contribution in [0.2, 0.25) is 0 Å². The molecule has 1 nitrogen and oxygen atoms in total. The molecule has 0 unspecified atom stereocenters. The van der Waals surface area contributed by atoms with Gasteiger partial charge in [-0.2, -0.15) is 0 Å². The highest BCUT2D eigenvalue weighted by Gasteiger charge is 2.22. The Morgan fingerprint density at radius 2 is 2.33 bits per heavy atom. The molecule has 12 heavy (non-hydrogen) atoms. The van der Waals surface area contributed by atoms with Crippen LogP contribution < -0.4 is 0 Å². The molecule has 0 spiro atoms. The Bertz CT molecular complexity index is 353. The number of fused-ring (bicyclic) bond motifs is 1. The molecule has 0 aromatic rings. The molecule has 0 N–H and O–H groups in total. The maximum atomic E-state index is 5.51. The molecule has 0 saturated heterocycles. The first-order valence-electron chi connectivity index (χ1n) is 4.37. The number of rotatable bonds is 0. The zero-order chi connectivity index (χ0) is 7.97. The summed E-state index contributed by atoms with van der Waals surface area (Å²) in [6.07, 6.45) is 10.9. The predicted molar refractivity (Wildman–Crippen MR) is 47.5 cm³/mol. The molecule has 0 amide bonds. The molecule has 0 fully saturated rings. The van der Waals surface area contributed by atoms with Gasteiger partial charge in [-0.1, -0.05) is 18.2 Å². The molecule has 1 aliphatic heterocycles. The van der Waals surface area contributed by atoms with Crippen LogP contribution in [-0.2, 0) is 4.74 Å². The summed E-state index contributed by atoms with van der Waals surface area (Å²) >= 11 is 0. The van der Waals surface area contributed by atoms with Gasteiger partial charge in [-0.05, 0) is 29.2 Å². The van der Waals surface area contributed by atoms with Crippen molar-refractivity contribution in [3.8, 4) is 0 Å². The fourth-order valence-corrected chi connectivity index (χ4v) is 1.97. The second-order valence-electron chi connectivity index (χ2n) is 3.39. The second-order valence-corrected chi connectivity index (χ2v) is 3.39. The summed E-state index contributed by atoms with van der Waals surface area (Å²) in [7, 11) is 0. The monoisotopic (exact) mass is 158 g/mol. The Morgan fingerprint density at radius 1 is 1.33 bits per heavy atom. The predicted octanol–water partition coefficient (Wildman–Crippen LogP) is 2.49. The second kappa shape index (κ2) is 2.13. The molecule has 3 aliphatic rings. The SMILES string of the molecule is C1=CC2=CC3=C(CCO3)CC2=C1. The Labute approximate surface area is 71.7 Å². The molecular weight excluding hydrogens is 148 g/mol. The summed E-state index contributed by atoms with van der Waals surface area (Å²) in [6, 6.07) is 0. The number of allylic oxidation sites excluding steroid dienone is 6. The summed E-state index contributed by atoms with van der Waals surface area (Å²) in [5, 5.41) is 0. The molecule has 3 rings (SSSR count). The molecule has 1 heterocycles. The fraction of sp³-hybridized carbons (Fsp3) is 0.273. The van der Waals surface area contributed by atoms with Gasteiger partial charge in [0.25, 0.3) is 0 Å². The zero-order valence-electron chi connectivity index (χ0n) is 6.84. The Hall–Kier alpha value is -1.24. The molecule has 0 radical (unpaired) electrons. The van der Waals surface area contributed by atoms with E-state index in [-0.39, 0.29) is 0 Å². The van der Waals surface area contributed by atoms with Gasteiger partial charge < -0.3 is 4.74 Å². The fourth-order valence-electron chi connectivity index (χ4n) is 1.97. The van der Waals surface area contributed by atoms with Gasteiger partial charge in [-0.25, -0.2) is 0 Å². The summed E-state index contributed by atoms with van der Waals surface area (Å²) in [5.74, 6) is 1.13. The van der Waals surface area contributed by atoms with Gasteiger partial charge in [0.15, 0.2) is 0 Å². The van der Waals surface area contributed by atoms with E-state index in [4.69, 9.17) is 4.74 Å². The van der Waals surface area contributed by atoms with Crippen LogP contribution in [0.4, 0.5) is 0 Å². The van der Waals surface area contributed by atoms with Gasteiger partial charge in [0.2, 0.25) is 0 Å². The van der Waals surface area contributed by atoms with Crippen molar-refractivity contribution in [3.63, 3.8) is 0 Å². The standard InChI is InChI=1S/C11H10O/c1-2-8-6-10-4-5-12-11(10)7-9(8)3-1/h1-3,7H,4-6H2. The summed E-state index contributed by atoms with van der Waals surface area (Å²) in [4.78, 5) is 0. The molecule has 1 heteroatoms. The topological polar surface area (TPSA) is 9.23 Å². The van der Waals surface area contributed by atoms with Gasteiger partial charge in [-0.15, -0.1) is 0 Å². The maximum absolute atomic E-state index is 5.51. The lowest BCUT2D eigenvalue weighted by atomic mass is 9.93. The van der Waals surface area contributed by atoms with Crippen LogP contribution in [0.25, 0.3) is 0 Å². The van der Waals surface area contributed by atoms with Crippen LogP contribution in [0.15, 0.2) is 46.8 Å².